The number of rotatable bonds is 4. The summed E-state index contributed by atoms with van der Waals surface area (Å²) in [5.74, 6) is 0.859. The van der Waals surface area contributed by atoms with Crippen molar-refractivity contribution in [2.24, 2.45) is 5.92 Å². The van der Waals surface area contributed by atoms with Crippen LogP contribution in [0.2, 0.25) is 0 Å². The first-order chi connectivity index (χ1) is 12.8. The molecule has 1 aromatic rings. The van der Waals surface area contributed by atoms with Crippen LogP contribution in [0.4, 0.5) is 10.1 Å². The van der Waals surface area contributed by atoms with Crippen LogP contribution in [0.5, 0.6) is 0 Å². The average molecular weight is 360 g/mol. The Bertz CT molecular complexity index is 564. The maximum atomic E-state index is 14.0. The molecule has 1 atom stereocenters. The molecular formula is C22H34FN3. The van der Waals surface area contributed by atoms with Crippen LogP contribution >= 0.6 is 0 Å². The molecule has 1 aromatic carbocycles. The Morgan fingerprint density at radius 1 is 0.846 bits per heavy atom. The molecular weight excluding hydrogens is 325 g/mol. The molecule has 3 fully saturated rings. The topological polar surface area (TPSA) is 9.72 Å². The minimum atomic E-state index is -0.0859. The lowest BCUT2D eigenvalue weighted by Crippen LogP contribution is -2.55. The fraction of sp³-hybridized carbons (Fsp3) is 0.727. The van der Waals surface area contributed by atoms with Gasteiger partial charge in [0.1, 0.15) is 5.82 Å². The second-order valence-corrected chi connectivity index (χ2v) is 8.53. The number of hydrogen-bond donors (Lipinski definition) is 0. The zero-order chi connectivity index (χ0) is 17.8. The maximum Gasteiger partial charge on any atom is 0.146 e. The molecule has 4 rings (SSSR count). The summed E-state index contributed by atoms with van der Waals surface area (Å²) in [4.78, 5) is 7.63. The first-order valence-corrected chi connectivity index (χ1v) is 10.8. The molecule has 144 valence electrons. The van der Waals surface area contributed by atoms with Gasteiger partial charge in [0.2, 0.25) is 0 Å². The molecule has 0 amide bonds. The number of piperidine rings is 1. The molecule has 0 unspecified atom stereocenters. The molecule has 2 aliphatic heterocycles. The van der Waals surface area contributed by atoms with Gasteiger partial charge >= 0.3 is 0 Å². The van der Waals surface area contributed by atoms with Crippen LogP contribution in [0.25, 0.3) is 0 Å². The van der Waals surface area contributed by atoms with Crippen molar-refractivity contribution in [3.8, 4) is 0 Å². The molecule has 3 nitrogen and oxygen atoms in total. The largest absolute Gasteiger partial charge is 0.367 e. The molecule has 26 heavy (non-hydrogen) atoms. The van der Waals surface area contributed by atoms with Crippen LogP contribution in [0, 0.1) is 11.7 Å². The highest BCUT2D eigenvalue weighted by molar-refractivity contribution is 5.48. The summed E-state index contributed by atoms with van der Waals surface area (Å²) >= 11 is 0. The van der Waals surface area contributed by atoms with E-state index in [-0.39, 0.29) is 5.82 Å². The highest BCUT2D eigenvalue weighted by Gasteiger charge is 2.29. The zero-order valence-electron chi connectivity index (χ0n) is 16.1. The van der Waals surface area contributed by atoms with Crippen molar-refractivity contribution in [1.29, 1.82) is 0 Å². The highest BCUT2D eigenvalue weighted by atomic mass is 19.1. The van der Waals surface area contributed by atoms with E-state index in [1.54, 1.807) is 12.1 Å². The van der Waals surface area contributed by atoms with Gasteiger partial charge in [0.15, 0.2) is 0 Å². The molecule has 0 aromatic heterocycles. The van der Waals surface area contributed by atoms with E-state index in [1.807, 2.05) is 12.1 Å². The van der Waals surface area contributed by atoms with Crippen molar-refractivity contribution in [3.05, 3.63) is 30.1 Å². The molecule has 0 spiro atoms. The Kier molecular flexibility index (Phi) is 6.11. The lowest BCUT2D eigenvalue weighted by atomic mass is 9.88. The Morgan fingerprint density at radius 3 is 2.38 bits per heavy atom. The SMILES string of the molecule is Fc1ccccc1N1CCN([C@H]2CCCN(CC3CCCCC3)C2)CC1. The van der Waals surface area contributed by atoms with Crippen molar-refractivity contribution in [2.45, 2.75) is 51.0 Å². The van der Waals surface area contributed by atoms with E-state index < -0.39 is 0 Å². The Morgan fingerprint density at radius 2 is 1.62 bits per heavy atom. The zero-order valence-corrected chi connectivity index (χ0v) is 16.1. The number of para-hydroxylation sites is 1. The smallest absolute Gasteiger partial charge is 0.146 e. The lowest BCUT2D eigenvalue weighted by molar-refractivity contribution is 0.0786. The molecule has 0 radical (unpaired) electrons. The highest BCUT2D eigenvalue weighted by Crippen LogP contribution is 2.27. The third-order valence-electron chi connectivity index (χ3n) is 6.75. The number of hydrogen-bond acceptors (Lipinski definition) is 3. The molecule has 4 heteroatoms. The van der Waals surface area contributed by atoms with Crippen LogP contribution < -0.4 is 4.90 Å². The number of likely N-dealkylation sites (tertiary alicyclic amines) is 1. The van der Waals surface area contributed by atoms with E-state index in [9.17, 15) is 4.39 Å². The van der Waals surface area contributed by atoms with Crippen LogP contribution in [0.1, 0.15) is 44.9 Å². The van der Waals surface area contributed by atoms with Crippen molar-refractivity contribution in [2.75, 3.05) is 50.7 Å². The predicted molar refractivity (Wildman–Crippen MR) is 106 cm³/mol. The van der Waals surface area contributed by atoms with Gasteiger partial charge < -0.3 is 9.80 Å². The summed E-state index contributed by atoms with van der Waals surface area (Å²) in [6, 6.07) is 7.91. The van der Waals surface area contributed by atoms with Crippen LogP contribution in [0.15, 0.2) is 24.3 Å². The van der Waals surface area contributed by atoms with Crippen LogP contribution in [-0.2, 0) is 0 Å². The molecule has 3 aliphatic rings. The van der Waals surface area contributed by atoms with Gasteiger partial charge in [-0.2, -0.15) is 0 Å². The molecule has 0 N–H and O–H groups in total. The van der Waals surface area contributed by atoms with Gasteiger partial charge in [-0.05, 0) is 50.3 Å². The fourth-order valence-electron chi connectivity index (χ4n) is 5.27. The normalized spacial score (nSPS) is 27.0. The third-order valence-corrected chi connectivity index (χ3v) is 6.75. The van der Waals surface area contributed by atoms with Gasteiger partial charge in [-0.25, -0.2) is 4.39 Å². The number of piperazine rings is 1. The summed E-state index contributed by atoms with van der Waals surface area (Å²) < 4.78 is 14.0. The van der Waals surface area contributed by atoms with Gasteiger partial charge in [0, 0.05) is 45.3 Å². The molecule has 2 saturated heterocycles. The maximum absolute atomic E-state index is 14.0. The van der Waals surface area contributed by atoms with Crippen LogP contribution in [0.3, 0.4) is 0 Å². The van der Waals surface area contributed by atoms with Crippen LogP contribution in [-0.4, -0.2) is 61.7 Å². The van der Waals surface area contributed by atoms with E-state index in [0.717, 1.165) is 37.8 Å². The lowest BCUT2D eigenvalue weighted by Gasteiger charge is -2.44. The van der Waals surface area contributed by atoms with E-state index in [0.29, 0.717) is 6.04 Å². The van der Waals surface area contributed by atoms with Crippen molar-refractivity contribution in [3.63, 3.8) is 0 Å². The van der Waals surface area contributed by atoms with E-state index >= 15 is 0 Å². The van der Waals surface area contributed by atoms with Gasteiger partial charge in [-0.1, -0.05) is 31.4 Å². The molecule has 2 heterocycles. The second kappa shape index (κ2) is 8.71. The Labute approximate surface area is 158 Å². The van der Waals surface area contributed by atoms with Crippen molar-refractivity contribution < 1.29 is 4.39 Å². The first-order valence-electron chi connectivity index (χ1n) is 10.8. The average Bonchev–Trinajstić information content (AvgIpc) is 2.70. The van der Waals surface area contributed by atoms with Gasteiger partial charge in [0.05, 0.1) is 5.69 Å². The fourth-order valence-corrected chi connectivity index (χ4v) is 5.27. The molecule has 1 saturated carbocycles. The van der Waals surface area contributed by atoms with Crippen molar-refractivity contribution >= 4 is 5.69 Å². The minimum absolute atomic E-state index is 0.0859. The monoisotopic (exact) mass is 359 g/mol. The van der Waals surface area contributed by atoms with E-state index in [1.165, 1.54) is 64.6 Å². The molecule has 1 aliphatic carbocycles. The number of anilines is 1. The third kappa shape index (κ3) is 4.40. The Balaban J connectivity index is 1.28. The number of halogens is 1. The quantitative estimate of drug-likeness (QED) is 0.805. The minimum Gasteiger partial charge on any atom is -0.367 e. The summed E-state index contributed by atoms with van der Waals surface area (Å²) in [6.45, 7) is 7.89. The Hall–Kier alpha value is -1.13. The van der Waals surface area contributed by atoms with Gasteiger partial charge in [-0.15, -0.1) is 0 Å². The summed E-state index contributed by atoms with van der Waals surface area (Å²) in [5.41, 5.74) is 0.773. The standard InChI is InChI=1S/C22H34FN3/c23-21-10-4-5-11-22(21)26-15-13-25(14-16-26)20-9-6-12-24(18-20)17-19-7-2-1-3-8-19/h4-5,10-11,19-20H,1-3,6-9,12-18H2/t20-/m0/s1. The van der Waals surface area contributed by atoms with E-state index in [4.69, 9.17) is 0 Å². The predicted octanol–water partition coefficient (Wildman–Crippen LogP) is 3.99. The second-order valence-electron chi connectivity index (χ2n) is 8.53. The number of nitrogens with zero attached hydrogens (tertiary/aromatic N) is 3. The van der Waals surface area contributed by atoms with Gasteiger partial charge in [0.25, 0.3) is 0 Å². The summed E-state index contributed by atoms with van der Waals surface area (Å²) in [5, 5.41) is 0. The number of benzene rings is 1. The summed E-state index contributed by atoms with van der Waals surface area (Å²) in [6.07, 6.45) is 9.90. The first kappa shape index (κ1) is 18.2. The van der Waals surface area contributed by atoms with E-state index in [2.05, 4.69) is 14.7 Å². The van der Waals surface area contributed by atoms with Crippen molar-refractivity contribution in [1.82, 2.24) is 9.80 Å². The summed E-state index contributed by atoms with van der Waals surface area (Å²) in [7, 11) is 0. The molecule has 0 bridgehead atoms. The van der Waals surface area contributed by atoms with Gasteiger partial charge in [-0.3, -0.25) is 4.90 Å².